The molecule has 0 atom stereocenters. The zero-order valence-electron chi connectivity index (χ0n) is 12.6. The Morgan fingerprint density at radius 2 is 2.13 bits per heavy atom. The van der Waals surface area contributed by atoms with Crippen LogP contribution in [0.3, 0.4) is 0 Å². The summed E-state index contributed by atoms with van der Waals surface area (Å²) in [7, 11) is 0. The largest absolute Gasteiger partial charge is 0.507 e. The van der Waals surface area contributed by atoms with Gasteiger partial charge in [0.2, 0.25) is 5.91 Å². The van der Waals surface area contributed by atoms with Gasteiger partial charge in [-0.25, -0.2) is 4.98 Å². The molecule has 8 heteroatoms. The minimum absolute atomic E-state index is 0.0250. The molecule has 0 saturated heterocycles. The Bertz CT molecular complexity index is 728. The summed E-state index contributed by atoms with van der Waals surface area (Å²) in [6.07, 6.45) is 0.662. The van der Waals surface area contributed by atoms with Crippen LogP contribution in [0.25, 0.3) is 0 Å². The predicted octanol–water partition coefficient (Wildman–Crippen LogP) is 2.59. The fourth-order valence-electron chi connectivity index (χ4n) is 1.80. The van der Waals surface area contributed by atoms with Crippen LogP contribution in [-0.2, 0) is 11.2 Å². The van der Waals surface area contributed by atoms with Crippen molar-refractivity contribution in [2.45, 2.75) is 35.5 Å². The molecule has 1 amide bonds. The number of aromatic hydroxyl groups is 2. The zero-order valence-corrected chi connectivity index (χ0v) is 14.2. The number of amides is 1. The second-order valence-electron chi connectivity index (χ2n) is 5.10. The number of aromatic nitrogens is 1. The molecule has 0 unspecified atom stereocenters. The molecule has 0 radical (unpaired) electrons. The van der Waals surface area contributed by atoms with Gasteiger partial charge in [-0.3, -0.25) is 9.59 Å². The number of phenolic OH excluding ortho intramolecular Hbond substituents is 2. The highest BCUT2D eigenvalue weighted by Gasteiger charge is 2.13. The van der Waals surface area contributed by atoms with Gasteiger partial charge >= 0.3 is 0 Å². The molecule has 0 aliphatic heterocycles. The molecule has 23 heavy (non-hydrogen) atoms. The van der Waals surface area contributed by atoms with Crippen LogP contribution in [0.2, 0.25) is 0 Å². The molecule has 0 aliphatic rings. The van der Waals surface area contributed by atoms with Gasteiger partial charge in [0.1, 0.15) is 11.5 Å². The van der Waals surface area contributed by atoms with Crippen LogP contribution in [-0.4, -0.2) is 33.4 Å². The SMILES string of the molecule is CC(C)NC(=O)Cc1csc(Sc2cc(O)c(C=O)cc2O)n1. The fourth-order valence-corrected chi connectivity index (χ4v) is 3.63. The molecule has 0 spiro atoms. The number of aldehydes is 1. The van der Waals surface area contributed by atoms with Crippen molar-refractivity contribution in [3.8, 4) is 11.5 Å². The van der Waals surface area contributed by atoms with Crippen molar-refractivity contribution in [1.29, 1.82) is 0 Å². The van der Waals surface area contributed by atoms with Crippen molar-refractivity contribution in [3.05, 3.63) is 28.8 Å². The summed E-state index contributed by atoms with van der Waals surface area (Å²) in [6.45, 7) is 3.77. The summed E-state index contributed by atoms with van der Waals surface area (Å²) in [6, 6.07) is 2.59. The lowest BCUT2D eigenvalue weighted by atomic mass is 10.2. The molecule has 0 bridgehead atoms. The first kappa shape index (κ1) is 17.3. The topological polar surface area (TPSA) is 99.5 Å². The van der Waals surface area contributed by atoms with E-state index >= 15 is 0 Å². The maximum atomic E-state index is 11.7. The minimum atomic E-state index is -0.201. The summed E-state index contributed by atoms with van der Waals surface area (Å²) in [5, 5.41) is 24.1. The molecular weight excluding hydrogens is 336 g/mol. The molecular formula is C15H16N2O4S2. The average molecular weight is 352 g/mol. The fraction of sp³-hybridized carbons (Fsp3) is 0.267. The lowest BCUT2D eigenvalue weighted by molar-refractivity contribution is -0.120. The summed E-state index contributed by atoms with van der Waals surface area (Å²) >= 11 is 2.50. The van der Waals surface area contributed by atoms with Crippen LogP contribution in [0, 0.1) is 0 Å². The maximum Gasteiger partial charge on any atom is 0.226 e. The number of rotatable bonds is 6. The van der Waals surface area contributed by atoms with Crippen molar-refractivity contribution in [2.24, 2.45) is 0 Å². The van der Waals surface area contributed by atoms with Gasteiger partial charge in [-0.2, -0.15) is 0 Å². The second kappa shape index (κ2) is 7.47. The molecule has 1 aromatic carbocycles. The lowest BCUT2D eigenvalue weighted by Crippen LogP contribution is -2.31. The minimum Gasteiger partial charge on any atom is -0.507 e. The third kappa shape index (κ3) is 4.70. The van der Waals surface area contributed by atoms with Gasteiger partial charge in [0.25, 0.3) is 0 Å². The van der Waals surface area contributed by atoms with Gasteiger partial charge in [-0.15, -0.1) is 11.3 Å². The van der Waals surface area contributed by atoms with E-state index in [9.17, 15) is 19.8 Å². The van der Waals surface area contributed by atoms with Crippen LogP contribution in [0.1, 0.15) is 29.9 Å². The van der Waals surface area contributed by atoms with E-state index in [-0.39, 0.29) is 35.4 Å². The number of hydrogen-bond donors (Lipinski definition) is 3. The molecule has 0 saturated carbocycles. The first-order chi connectivity index (χ1) is 10.9. The van der Waals surface area contributed by atoms with Crippen molar-refractivity contribution in [3.63, 3.8) is 0 Å². The third-order valence-electron chi connectivity index (χ3n) is 2.75. The Balaban J connectivity index is 2.09. The van der Waals surface area contributed by atoms with E-state index < -0.39 is 0 Å². The highest BCUT2D eigenvalue weighted by Crippen LogP contribution is 2.39. The number of nitrogens with one attached hydrogen (secondary N) is 1. The van der Waals surface area contributed by atoms with Crippen molar-refractivity contribution in [1.82, 2.24) is 10.3 Å². The number of carbonyl (C=O) groups excluding carboxylic acids is 2. The quantitative estimate of drug-likeness (QED) is 0.546. The van der Waals surface area contributed by atoms with Crippen LogP contribution in [0.5, 0.6) is 11.5 Å². The smallest absolute Gasteiger partial charge is 0.226 e. The summed E-state index contributed by atoms with van der Waals surface area (Å²) in [5.41, 5.74) is 0.668. The van der Waals surface area contributed by atoms with Gasteiger partial charge in [0.05, 0.1) is 22.6 Å². The van der Waals surface area contributed by atoms with Gasteiger partial charge in [-0.1, -0.05) is 11.8 Å². The number of benzene rings is 1. The third-order valence-corrected chi connectivity index (χ3v) is 4.79. The molecule has 3 N–H and O–H groups in total. The van der Waals surface area contributed by atoms with Crippen LogP contribution in [0.15, 0.2) is 26.7 Å². The van der Waals surface area contributed by atoms with E-state index in [2.05, 4.69) is 10.3 Å². The Morgan fingerprint density at radius 3 is 2.78 bits per heavy atom. The van der Waals surface area contributed by atoms with Crippen LogP contribution < -0.4 is 5.32 Å². The molecule has 0 fully saturated rings. The number of nitrogens with zero attached hydrogens (tertiary/aromatic N) is 1. The Morgan fingerprint density at radius 1 is 1.39 bits per heavy atom. The zero-order chi connectivity index (χ0) is 17.0. The summed E-state index contributed by atoms with van der Waals surface area (Å²) < 4.78 is 0.630. The number of carbonyl (C=O) groups is 2. The normalized spacial score (nSPS) is 10.7. The Hall–Kier alpha value is -2.06. The average Bonchev–Trinajstić information content (AvgIpc) is 2.88. The van der Waals surface area contributed by atoms with Crippen LogP contribution in [0.4, 0.5) is 0 Å². The van der Waals surface area contributed by atoms with Gasteiger partial charge in [0, 0.05) is 11.4 Å². The maximum absolute atomic E-state index is 11.7. The van der Waals surface area contributed by atoms with Gasteiger partial charge in [-0.05, 0) is 26.0 Å². The summed E-state index contributed by atoms with van der Waals surface area (Å²) in [5.74, 6) is -0.407. The Labute approximate surface area is 141 Å². The van der Waals surface area contributed by atoms with E-state index in [1.807, 2.05) is 13.8 Å². The van der Waals surface area contributed by atoms with Gasteiger partial charge in [0.15, 0.2) is 10.6 Å². The van der Waals surface area contributed by atoms with Crippen LogP contribution >= 0.6 is 23.1 Å². The standard InChI is InChI=1S/C15H16N2O4S2/c1-8(2)16-14(21)4-10-7-22-15(17-10)23-13-5-11(19)9(6-18)3-12(13)20/h3,5-8,19-20H,4H2,1-2H3,(H,16,21). The van der Waals surface area contributed by atoms with Crippen molar-refractivity contribution in [2.75, 3.05) is 0 Å². The lowest BCUT2D eigenvalue weighted by Gasteiger charge is -2.06. The highest BCUT2D eigenvalue weighted by molar-refractivity contribution is 8.01. The predicted molar refractivity (Wildman–Crippen MR) is 88.4 cm³/mol. The van der Waals surface area contributed by atoms with E-state index in [0.29, 0.717) is 21.2 Å². The monoisotopic (exact) mass is 352 g/mol. The van der Waals surface area contributed by atoms with Crippen molar-refractivity contribution >= 4 is 35.3 Å². The van der Waals surface area contributed by atoms with Gasteiger partial charge < -0.3 is 15.5 Å². The van der Waals surface area contributed by atoms with E-state index in [0.717, 1.165) is 11.8 Å². The Kier molecular flexibility index (Phi) is 5.62. The first-order valence-electron chi connectivity index (χ1n) is 6.81. The number of phenols is 2. The molecule has 0 aliphatic carbocycles. The number of thiazole rings is 1. The van der Waals surface area contributed by atoms with E-state index in [1.54, 1.807) is 5.38 Å². The molecule has 122 valence electrons. The molecule has 2 aromatic rings. The molecule has 1 aromatic heterocycles. The van der Waals surface area contributed by atoms with E-state index in [4.69, 9.17) is 0 Å². The molecule has 1 heterocycles. The highest BCUT2D eigenvalue weighted by atomic mass is 32.2. The van der Waals surface area contributed by atoms with E-state index in [1.165, 1.54) is 23.5 Å². The molecule has 6 nitrogen and oxygen atoms in total. The number of hydrogen-bond acceptors (Lipinski definition) is 7. The van der Waals surface area contributed by atoms with Crippen molar-refractivity contribution < 1.29 is 19.8 Å². The summed E-state index contributed by atoms with van der Waals surface area (Å²) in [4.78, 5) is 27.1. The molecule has 2 rings (SSSR count). The first-order valence-corrected chi connectivity index (χ1v) is 8.51. The second-order valence-corrected chi connectivity index (χ2v) is 7.25.